The van der Waals surface area contributed by atoms with Crippen molar-refractivity contribution in [1.82, 2.24) is 4.90 Å². The van der Waals surface area contributed by atoms with Crippen molar-refractivity contribution in [2.24, 2.45) is 0 Å². The van der Waals surface area contributed by atoms with Crippen molar-refractivity contribution < 1.29 is 32.7 Å². The molecular formula is C6H11N2Y-. The third-order valence-electron chi connectivity index (χ3n) is 2.05. The minimum Gasteiger partial charge on any atom is -0.657 e. The van der Waals surface area contributed by atoms with Gasteiger partial charge in [-0.3, -0.25) is 0 Å². The molecule has 0 amide bonds. The summed E-state index contributed by atoms with van der Waals surface area (Å²) in [6.45, 7) is 4.86. The molecule has 0 saturated carbocycles. The standard InChI is InChI=1S/C6H11N2.Y/c1-3-8-4-2-7-6(1)5-8;/h6H,1-5H2;/q-1;. The van der Waals surface area contributed by atoms with E-state index >= 15 is 0 Å². The van der Waals surface area contributed by atoms with E-state index in [0.29, 0.717) is 6.04 Å². The molecule has 2 fully saturated rings. The number of rotatable bonds is 0. The van der Waals surface area contributed by atoms with Crippen LogP contribution in [0.2, 0.25) is 0 Å². The quantitative estimate of drug-likeness (QED) is 0.554. The van der Waals surface area contributed by atoms with Gasteiger partial charge in [0.2, 0.25) is 0 Å². The second kappa shape index (κ2) is 3.43. The van der Waals surface area contributed by atoms with Gasteiger partial charge in [-0.1, -0.05) is 6.42 Å². The molecule has 2 atom stereocenters. The second-order valence-electron chi connectivity index (χ2n) is 2.65. The van der Waals surface area contributed by atoms with Gasteiger partial charge < -0.3 is 10.2 Å². The van der Waals surface area contributed by atoms with Crippen molar-refractivity contribution in [2.75, 3.05) is 26.2 Å². The van der Waals surface area contributed by atoms with Gasteiger partial charge in [-0.25, -0.2) is 0 Å². The molecule has 0 aromatic rings. The molecule has 2 aliphatic rings. The molecule has 2 unspecified atom stereocenters. The molecule has 0 spiro atoms. The summed E-state index contributed by atoms with van der Waals surface area (Å²) in [7, 11) is 0. The van der Waals surface area contributed by atoms with Crippen LogP contribution < -0.4 is 0 Å². The van der Waals surface area contributed by atoms with Crippen LogP contribution in [0.3, 0.4) is 0 Å². The molecule has 2 bridgehead atoms. The molecule has 0 aromatic heterocycles. The number of piperazine rings is 1. The minimum atomic E-state index is 0. The van der Waals surface area contributed by atoms with Gasteiger partial charge >= 0.3 is 0 Å². The fourth-order valence-corrected chi connectivity index (χ4v) is 1.55. The summed E-state index contributed by atoms with van der Waals surface area (Å²) in [5.74, 6) is 0. The summed E-state index contributed by atoms with van der Waals surface area (Å²) in [6.07, 6.45) is 1.32. The van der Waals surface area contributed by atoms with Crippen LogP contribution in [0.15, 0.2) is 0 Å². The Hall–Kier alpha value is 1.02. The first kappa shape index (κ1) is 8.12. The molecule has 2 rings (SSSR count). The number of fused-ring (bicyclic) bond motifs is 2. The maximum Gasteiger partial charge on any atom is 0 e. The summed E-state index contributed by atoms with van der Waals surface area (Å²) in [5, 5.41) is 4.45. The van der Waals surface area contributed by atoms with Gasteiger partial charge in [0, 0.05) is 32.7 Å². The van der Waals surface area contributed by atoms with Gasteiger partial charge in [0.1, 0.15) is 0 Å². The largest absolute Gasteiger partial charge is 0.657 e. The van der Waals surface area contributed by atoms with Gasteiger partial charge in [0.05, 0.1) is 0 Å². The summed E-state index contributed by atoms with van der Waals surface area (Å²) >= 11 is 0. The first-order valence-corrected chi connectivity index (χ1v) is 3.34. The van der Waals surface area contributed by atoms with Gasteiger partial charge in [0.25, 0.3) is 0 Å². The fourth-order valence-electron chi connectivity index (χ4n) is 1.55. The van der Waals surface area contributed by atoms with Crippen LogP contribution in [0.1, 0.15) is 6.42 Å². The average molecular weight is 200 g/mol. The molecule has 2 nitrogen and oxygen atoms in total. The van der Waals surface area contributed by atoms with Crippen molar-refractivity contribution in [3.63, 3.8) is 0 Å². The van der Waals surface area contributed by atoms with Crippen LogP contribution in [0.4, 0.5) is 0 Å². The molecule has 0 N–H and O–H groups in total. The van der Waals surface area contributed by atoms with Gasteiger partial charge in [0.15, 0.2) is 0 Å². The van der Waals surface area contributed by atoms with E-state index in [9.17, 15) is 0 Å². The molecule has 49 valence electrons. The summed E-state index contributed by atoms with van der Waals surface area (Å²) in [5.41, 5.74) is 0. The fraction of sp³-hybridized carbons (Fsp3) is 1.00. The predicted molar refractivity (Wildman–Crippen MR) is 33.1 cm³/mol. The van der Waals surface area contributed by atoms with Crippen LogP contribution >= 0.6 is 0 Å². The van der Waals surface area contributed by atoms with E-state index < -0.39 is 0 Å². The van der Waals surface area contributed by atoms with Crippen LogP contribution in [-0.4, -0.2) is 37.1 Å². The van der Waals surface area contributed by atoms with E-state index in [-0.39, 0.29) is 32.7 Å². The van der Waals surface area contributed by atoms with Crippen molar-refractivity contribution >= 4 is 0 Å². The first-order valence-electron chi connectivity index (χ1n) is 3.34. The number of nitrogens with zero attached hydrogens (tertiary/aromatic N) is 2. The van der Waals surface area contributed by atoms with Crippen LogP contribution in [0, 0.1) is 0 Å². The summed E-state index contributed by atoms with van der Waals surface area (Å²) in [4.78, 5) is 2.50. The molecule has 0 aromatic carbocycles. The zero-order chi connectivity index (χ0) is 5.40. The first-order chi connectivity index (χ1) is 3.95. The van der Waals surface area contributed by atoms with E-state index in [1.807, 2.05) is 0 Å². The average Bonchev–Trinajstić information content (AvgIpc) is 2.12. The van der Waals surface area contributed by atoms with Crippen molar-refractivity contribution in [3.8, 4) is 0 Å². The van der Waals surface area contributed by atoms with E-state index in [2.05, 4.69) is 10.2 Å². The van der Waals surface area contributed by atoms with E-state index in [0.717, 1.165) is 6.54 Å². The Morgan fingerprint density at radius 3 is 2.89 bits per heavy atom. The molecule has 2 saturated heterocycles. The second-order valence-corrected chi connectivity index (χ2v) is 2.65. The van der Waals surface area contributed by atoms with Crippen molar-refractivity contribution in [1.29, 1.82) is 0 Å². The SMILES string of the molecule is C1CN2CCC(C2)[N-]1.[Y]. The van der Waals surface area contributed by atoms with Gasteiger partial charge in [-0.2, -0.15) is 0 Å². The third kappa shape index (κ3) is 1.73. The van der Waals surface area contributed by atoms with Crippen LogP contribution in [-0.2, 0) is 32.7 Å². The Morgan fingerprint density at radius 2 is 2.22 bits per heavy atom. The van der Waals surface area contributed by atoms with Gasteiger partial charge in [-0.05, 0) is 19.6 Å². The van der Waals surface area contributed by atoms with Crippen LogP contribution in [0.5, 0.6) is 0 Å². The molecule has 1 radical (unpaired) electrons. The Morgan fingerprint density at radius 1 is 1.33 bits per heavy atom. The Kier molecular flexibility index (Phi) is 3.09. The van der Waals surface area contributed by atoms with Crippen molar-refractivity contribution in [3.05, 3.63) is 5.32 Å². The number of hydrogen-bond acceptors (Lipinski definition) is 1. The maximum atomic E-state index is 4.45. The third-order valence-corrected chi connectivity index (χ3v) is 2.05. The molecular weight excluding hydrogens is 189 g/mol. The molecule has 9 heavy (non-hydrogen) atoms. The number of hydrogen-bond donors (Lipinski definition) is 0. The Labute approximate surface area is 81.2 Å². The normalized spacial score (nSPS) is 40.0. The Balaban J connectivity index is 0.000000405. The monoisotopic (exact) mass is 200 g/mol. The van der Waals surface area contributed by atoms with E-state index in [1.54, 1.807) is 0 Å². The zero-order valence-electron chi connectivity index (χ0n) is 5.58. The van der Waals surface area contributed by atoms with Crippen LogP contribution in [0.25, 0.3) is 5.32 Å². The Bertz CT molecular complexity index is 83.1. The predicted octanol–water partition coefficient (Wildman–Crippen LogP) is 0.446. The van der Waals surface area contributed by atoms with E-state index in [1.165, 1.54) is 26.1 Å². The summed E-state index contributed by atoms with van der Waals surface area (Å²) < 4.78 is 0. The maximum absolute atomic E-state index is 4.45. The molecule has 2 aliphatic heterocycles. The molecule has 3 heteroatoms. The minimum absolute atomic E-state index is 0. The summed E-state index contributed by atoms with van der Waals surface area (Å²) in [6, 6.07) is 0.712. The van der Waals surface area contributed by atoms with E-state index in [4.69, 9.17) is 0 Å². The zero-order valence-corrected chi connectivity index (χ0v) is 8.42. The van der Waals surface area contributed by atoms with Crippen molar-refractivity contribution in [2.45, 2.75) is 12.5 Å². The molecule has 2 heterocycles. The molecule has 0 aliphatic carbocycles. The smallest absolute Gasteiger partial charge is 0 e. The van der Waals surface area contributed by atoms with Gasteiger partial charge in [-0.15, -0.1) is 12.6 Å². The topological polar surface area (TPSA) is 17.3 Å².